The molecule has 1 amide bonds. The van der Waals surface area contributed by atoms with Crippen LogP contribution in [0.4, 0.5) is 0 Å². The molecule has 204 valence electrons. The molecule has 2 unspecified atom stereocenters. The average molecular weight is 557 g/mol. The Labute approximate surface area is 227 Å². The van der Waals surface area contributed by atoms with E-state index in [1.54, 1.807) is 25.1 Å². The van der Waals surface area contributed by atoms with Crippen LogP contribution < -0.4 is 19.9 Å². The van der Waals surface area contributed by atoms with E-state index in [0.29, 0.717) is 22.2 Å². The van der Waals surface area contributed by atoms with E-state index in [-0.39, 0.29) is 41.3 Å². The number of nitrogens with two attached hydrogens (primary N) is 1. The van der Waals surface area contributed by atoms with Gasteiger partial charge in [-0.2, -0.15) is 0 Å². The van der Waals surface area contributed by atoms with E-state index in [9.17, 15) is 14.4 Å². The molecule has 0 fully saturated rings. The van der Waals surface area contributed by atoms with Crippen molar-refractivity contribution in [3.63, 3.8) is 0 Å². The standard InChI is InChI=1S/C17H24Cl2O3.C9H10N2O4/c1-5-12(6-2)17(11(4)21-16(20)7-3)22-15-9-8-13(18)10-14(15)19;1-5(12)15-8-6(14-2)3-4-11-7(8)9(10)13/h8-12,17H,5-7H2,1-4H3;3-4H,1-2H3,(H2,10,13). The summed E-state index contributed by atoms with van der Waals surface area (Å²) >= 11 is 12.1. The van der Waals surface area contributed by atoms with E-state index < -0.39 is 11.9 Å². The predicted molar refractivity (Wildman–Crippen MR) is 141 cm³/mol. The van der Waals surface area contributed by atoms with Gasteiger partial charge in [0.1, 0.15) is 18.0 Å². The van der Waals surface area contributed by atoms with E-state index in [1.807, 2.05) is 6.92 Å². The highest BCUT2D eigenvalue weighted by molar-refractivity contribution is 6.35. The summed E-state index contributed by atoms with van der Waals surface area (Å²) in [5.41, 5.74) is 4.93. The summed E-state index contributed by atoms with van der Waals surface area (Å²) in [6, 6.07) is 6.58. The largest absolute Gasteiger partial charge is 0.493 e. The van der Waals surface area contributed by atoms with Crippen LogP contribution >= 0.6 is 23.2 Å². The first-order valence-corrected chi connectivity index (χ1v) is 12.6. The quantitative estimate of drug-likeness (QED) is 0.352. The summed E-state index contributed by atoms with van der Waals surface area (Å²) in [5, 5.41) is 1.01. The molecule has 1 aromatic carbocycles. The lowest BCUT2D eigenvalue weighted by atomic mass is 9.93. The van der Waals surface area contributed by atoms with Crippen LogP contribution in [0.5, 0.6) is 17.2 Å². The van der Waals surface area contributed by atoms with Gasteiger partial charge in [-0.25, -0.2) is 4.98 Å². The van der Waals surface area contributed by atoms with E-state index in [1.165, 1.54) is 26.3 Å². The molecule has 1 heterocycles. The minimum Gasteiger partial charge on any atom is -0.493 e. The van der Waals surface area contributed by atoms with Crippen molar-refractivity contribution in [2.75, 3.05) is 7.11 Å². The second-order valence-electron chi connectivity index (χ2n) is 7.93. The number of carbonyl (C=O) groups is 3. The number of ether oxygens (including phenoxy) is 4. The van der Waals surface area contributed by atoms with Crippen LogP contribution in [0.1, 0.15) is 64.4 Å². The zero-order valence-corrected chi connectivity index (χ0v) is 23.4. The highest BCUT2D eigenvalue weighted by atomic mass is 35.5. The summed E-state index contributed by atoms with van der Waals surface area (Å²) in [6.45, 7) is 9.04. The van der Waals surface area contributed by atoms with E-state index in [0.717, 1.165) is 12.8 Å². The fourth-order valence-corrected chi connectivity index (χ4v) is 3.87. The van der Waals surface area contributed by atoms with Gasteiger partial charge in [0, 0.05) is 30.6 Å². The summed E-state index contributed by atoms with van der Waals surface area (Å²) in [6.07, 6.45) is 2.96. The van der Waals surface area contributed by atoms with Gasteiger partial charge in [0.2, 0.25) is 5.75 Å². The van der Waals surface area contributed by atoms with Crippen molar-refractivity contribution in [1.29, 1.82) is 0 Å². The Hall–Kier alpha value is -3.04. The van der Waals surface area contributed by atoms with Crippen molar-refractivity contribution in [2.45, 2.75) is 66.1 Å². The van der Waals surface area contributed by atoms with Crippen LogP contribution in [0.3, 0.4) is 0 Å². The zero-order valence-electron chi connectivity index (χ0n) is 21.9. The zero-order chi connectivity index (χ0) is 28.1. The number of carbonyl (C=O) groups excluding carboxylic acids is 3. The number of nitrogens with zero attached hydrogens (tertiary/aromatic N) is 1. The number of aromatic nitrogens is 1. The van der Waals surface area contributed by atoms with Gasteiger partial charge in [-0.1, -0.05) is 44.0 Å². The van der Waals surface area contributed by atoms with Gasteiger partial charge in [0.25, 0.3) is 5.91 Å². The molecule has 11 heteroatoms. The fraction of sp³-hybridized carbons (Fsp3) is 0.462. The van der Waals surface area contributed by atoms with Crippen molar-refractivity contribution in [3.05, 3.63) is 46.2 Å². The Kier molecular flexibility index (Phi) is 13.8. The van der Waals surface area contributed by atoms with Crippen molar-refractivity contribution in [2.24, 2.45) is 11.7 Å². The second kappa shape index (κ2) is 15.9. The second-order valence-corrected chi connectivity index (χ2v) is 8.77. The number of amides is 1. The Bertz CT molecular complexity index is 1060. The topological polar surface area (TPSA) is 127 Å². The lowest BCUT2D eigenvalue weighted by Crippen LogP contribution is -2.39. The Morgan fingerprint density at radius 3 is 2.19 bits per heavy atom. The molecule has 1 aromatic heterocycles. The highest BCUT2D eigenvalue weighted by Gasteiger charge is 2.30. The van der Waals surface area contributed by atoms with Crippen LogP contribution in [0, 0.1) is 5.92 Å². The molecule has 0 bridgehead atoms. The fourth-order valence-electron chi connectivity index (χ4n) is 3.41. The van der Waals surface area contributed by atoms with E-state index >= 15 is 0 Å². The maximum Gasteiger partial charge on any atom is 0.308 e. The van der Waals surface area contributed by atoms with Crippen molar-refractivity contribution in [3.8, 4) is 17.2 Å². The number of pyridine rings is 1. The molecule has 0 aliphatic carbocycles. The van der Waals surface area contributed by atoms with Crippen LogP contribution in [0.25, 0.3) is 0 Å². The normalized spacial score (nSPS) is 12.0. The first-order chi connectivity index (χ1) is 17.5. The van der Waals surface area contributed by atoms with Crippen LogP contribution in [-0.2, 0) is 14.3 Å². The lowest BCUT2D eigenvalue weighted by molar-refractivity contribution is -0.154. The number of hydrogen-bond donors (Lipinski definition) is 1. The molecular weight excluding hydrogens is 523 g/mol. The molecule has 0 saturated heterocycles. The third kappa shape index (κ3) is 10.1. The number of esters is 2. The van der Waals surface area contributed by atoms with Crippen LogP contribution in [0.15, 0.2) is 30.5 Å². The molecular formula is C26H34Cl2N2O7. The molecule has 37 heavy (non-hydrogen) atoms. The van der Waals surface area contributed by atoms with Gasteiger partial charge < -0.3 is 24.7 Å². The predicted octanol–water partition coefficient (Wildman–Crippen LogP) is 5.63. The Balaban J connectivity index is 0.000000397. The molecule has 9 nitrogen and oxygen atoms in total. The Morgan fingerprint density at radius 2 is 1.70 bits per heavy atom. The van der Waals surface area contributed by atoms with Gasteiger partial charge in [0.15, 0.2) is 11.4 Å². The third-order valence-corrected chi connectivity index (χ3v) is 5.84. The smallest absolute Gasteiger partial charge is 0.308 e. The molecule has 0 spiro atoms. The number of halogens is 2. The van der Waals surface area contributed by atoms with Crippen molar-refractivity contribution < 1.29 is 33.3 Å². The lowest BCUT2D eigenvalue weighted by Gasteiger charge is -2.31. The molecule has 0 radical (unpaired) electrons. The molecule has 2 N–H and O–H groups in total. The van der Waals surface area contributed by atoms with Gasteiger partial charge >= 0.3 is 11.9 Å². The van der Waals surface area contributed by atoms with E-state index in [2.05, 4.69) is 18.8 Å². The maximum atomic E-state index is 11.6. The maximum absolute atomic E-state index is 11.6. The molecule has 0 aliphatic heterocycles. The molecule has 2 atom stereocenters. The number of primary amides is 1. The summed E-state index contributed by atoms with van der Waals surface area (Å²) < 4.78 is 21.2. The number of hydrogen-bond acceptors (Lipinski definition) is 8. The first kappa shape index (κ1) is 32.0. The number of rotatable bonds is 11. The molecule has 0 aliphatic rings. The summed E-state index contributed by atoms with van der Waals surface area (Å²) in [5.74, 6) is -0.592. The first-order valence-electron chi connectivity index (χ1n) is 11.8. The monoisotopic (exact) mass is 556 g/mol. The average Bonchev–Trinajstić information content (AvgIpc) is 2.85. The SMILES string of the molecule is CCC(=O)OC(C)C(Oc1ccc(Cl)cc1Cl)C(CC)CC.COc1ccnc(C(N)=O)c1OC(C)=O. The van der Waals surface area contributed by atoms with Crippen LogP contribution in [0.2, 0.25) is 10.0 Å². The van der Waals surface area contributed by atoms with Gasteiger partial charge in [0.05, 0.1) is 12.1 Å². The summed E-state index contributed by atoms with van der Waals surface area (Å²) in [7, 11) is 1.38. The molecule has 2 rings (SSSR count). The van der Waals surface area contributed by atoms with Gasteiger partial charge in [-0.15, -0.1) is 0 Å². The third-order valence-electron chi connectivity index (χ3n) is 5.31. The highest BCUT2D eigenvalue weighted by Crippen LogP contribution is 2.32. The number of methoxy groups -OCH3 is 1. The summed E-state index contributed by atoms with van der Waals surface area (Å²) in [4.78, 5) is 37.1. The number of benzene rings is 1. The minimum atomic E-state index is -0.787. The molecule has 0 saturated carbocycles. The van der Waals surface area contributed by atoms with Gasteiger partial charge in [-0.3, -0.25) is 14.4 Å². The van der Waals surface area contributed by atoms with Crippen molar-refractivity contribution in [1.82, 2.24) is 4.98 Å². The minimum absolute atomic E-state index is 0.0556. The van der Waals surface area contributed by atoms with Gasteiger partial charge in [-0.05, 0) is 43.9 Å². The van der Waals surface area contributed by atoms with Crippen molar-refractivity contribution >= 4 is 41.0 Å². The van der Waals surface area contributed by atoms with E-state index in [4.69, 9.17) is 47.9 Å². The van der Waals surface area contributed by atoms with Crippen LogP contribution in [-0.4, -0.2) is 42.1 Å². The Morgan fingerprint density at radius 1 is 1.05 bits per heavy atom. The molecule has 2 aromatic rings.